The lowest BCUT2D eigenvalue weighted by Gasteiger charge is -2.33. The zero-order valence-electron chi connectivity index (χ0n) is 10.7. The highest BCUT2D eigenvalue weighted by molar-refractivity contribution is 5.96. The molecular formula is C13H18N2O3. The highest BCUT2D eigenvalue weighted by Gasteiger charge is 2.33. The quantitative estimate of drug-likeness (QED) is 0.876. The lowest BCUT2D eigenvalue weighted by Crippen LogP contribution is -2.56. The molecule has 18 heavy (non-hydrogen) atoms. The molecule has 1 aromatic rings. The van der Waals surface area contributed by atoms with E-state index in [-0.39, 0.29) is 17.9 Å². The Morgan fingerprint density at radius 1 is 1.50 bits per heavy atom. The summed E-state index contributed by atoms with van der Waals surface area (Å²) in [6.07, 6.45) is 1.36. The van der Waals surface area contributed by atoms with E-state index in [1.807, 2.05) is 13.8 Å². The van der Waals surface area contributed by atoms with E-state index < -0.39 is 0 Å². The number of carbonyl (C=O) groups excluding carboxylic acids is 2. The van der Waals surface area contributed by atoms with Crippen molar-refractivity contribution in [2.24, 2.45) is 0 Å². The smallest absolute Gasteiger partial charge is 0.290 e. The van der Waals surface area contributed by atoms with Crippen LogP contribution in [0.25, 0.3) is 0 Å². The molecule has 1 atom stereocenters. The minimum atomic E-state index is -0.388. The lowest BCUT2D eigenvalue weighted by molar-refractivity contribution is -0.127. The molecule has 0 bridgehead atoms. The summed E-state index contributed by atoms with van der Waals surface area (Å²) in [7, 11) is 0. The van der Waals surface area contributed by atoms with Gasteiger partial charge < -0.3 is 14.6 Å². The van der Waals surface area contributed by atoms with Gasteiger partial charge in [-0.05, 0) is 18.6 Å². The highest BCUT2D eigenvalue weighted by atomic mass is 16.4. The lowest BCUT2D eigenvalue weighted by atomic mass is 10.1. The Balaban J connectivity index is 2.18. The van der Waals surface area contributed by atoms with Crippen LogP contribution in [0.15, 0.2) is 16.5 Å². The Labute approximate surface area is 106 Å². The molecule has 1 unspecified atom stereocenters. The van der Waals surface area contributed by atoms with Gasteiger partial charge in [-0.3, -0.25) is 9.59 Å². The van der Waals surface area contributed by atoms with E-state index >= 15 is 0 Å². The van der Waals surface area contributed by atoms with E-state index in [1.165, 1.54) is 0 Å². The summed E-state index contributed by atoms with van der Waals surface area (Å²) in [5, 5.41) is 2.77. The van der Waals surface area contributed by atoms with E-state index in [0.717, 1.165) is 12.2 Å². The number of piperazine rings is 1. The van der Waals surface area contributed by atoms with Gasteiger partial charge in [0.05, 0.1) is 0 Å². The number of carbonyl (C=O) groups is 2. The summed E-state index contributed by atoms with van der Waals surface area (Å²) in [5.41, 5.74) is 0. The monoisotopic (exact) mass is 250 g/mol. The van der Waals surface area contributed by atoms with Crippen LogP contribution in [0.4, 0.5) is 0 Å². The van der Waals surface area contributed by atoms with E-state index in [4.69, 9.17) is 4.42 Å². The Hall–Kier alpha value is -1.78. The molecule has 98 valence electrons. The van der Waals surface area contributed by atoms with Crippen LogP contribution in [0.5, 0.6) is 0 Å². The molecule has 1 aliphatic rings. The van der Waals surface area contributed by atoms with Crippen molar-refractivity contribution < 1.29 is 14.0 Å². The van der Waals surface area contributed by atoms with Crippen LogP contribution < -0.4 is 5.32 Å². The molecule has 1 aromatic heterocycles. The molecule has 0 saturated carbocycles. The third kappa shape index (κ3) is 2.25. The summed E-state index contributed by atoms with van der Waals surface area (Å²) in [6.45, 7) is 4.90. The number of furan rings is 1. The van der Waals surface area contributed by atoms with Crippen LogP contribution in [0, 0.1) is 0 Å². The summed E-state index contributed by atoms with van der Waals surface area (Å²) in [6, 6.07) is 3.10. The van der Waals surface area contributed by atoms with Crippen LogP contribution in [-0.2, 0) is 11.2 Å². The molecule has 1 N–H and O–H groups in total. The van der Waals surface area contributed by atoms with E-state index in [0.29, 0.717) is 25.3 Å². The average Bonchev–Trinajstić information content (AvgIpc) is 2.86. The van der Waals surface area contributed by atoms with Gasteiger partial charge in [0.25, 0.3) is 5.91 Å². The van der Waals surface area contributed by atoms with E-state index in [9.17, 15) is 9.59 Å². The predicted octanol–water partition coefficient (Wildman–Crippen LogP) is 1.19. The minimum Gasteiger partial charge on any atom is -0.456 e. The summed E-state index contributed by atoms with van der Waals surface area (Å²) >= 11 is 0. The zero-order chi connectivity index (χ0) is 13.1. The first-order chi connectivity index (χ1) is 8.67. The van der Waals surface area contributed by atoms with Gasteiger partial charge in [-0.2, -0.15) is 0 Å². The molecular weight excluding hydrogens is 232 g/mol. The molecule has 1 fully saturated rings. The van der Waals surface area contributed by atoms with Gasteiger partial charge in [-0.25, -0.2) is 0 Å². The fourth-order valence-corrected chi connectivity index (χ4v) is 2.19. The average molecular weight is 250 g/mol. The van der Waals surface area contributed by atoms with Crippen LogP contribution in [0.1, 0.15) is 36.6 Å². The molecule has 2 heterocycles. The van der Waals surface area contributed by atoms with Gasteiger partial charge in [-0.15, -0.1) is 0 Å². The van der Waals surface area contributed by atoms with Crippen molar-refractivity contribution in [3.8, 4) is 0 Å². The first-order valence-electron chi connectivity index (χ1n) is 6.34. The molecule has 2 amide bonds. The minimum absolute atomic E-state index is 0.0839. The summed E-state index contributed by atoms with van der Waals surface area (Å²) in [5.74, 6) is 0.823. The van der Waals surface area contributed by atoms with Crippen molar-refractivity contribution in [3.63, 3.8) is 0 Å². The third-order valence-electron chi connectivity index (χ3n) is 3.20. The van der Waals surface area contributed by atoms with Crippen molar-refractivity contribution in [3.05, 3.63) is 23.7 Å². The number of aryl methyl sites for hydroxylation is 1. The molecule has 2 rings (SSSR count). The number of hydrogen-bond donors (Lipinski definition) is 1. The topological polar surface area (TPSA) is 62.6 Å². The molecule has 1 saturated heterocycles. The SMILES string of the molecule is CCc1ccc(C(=O)N2CCNC(=O)C2CC)o1. The molecule has 5 heteroatoms. The second kappa shape index (κ2) is 5.25. The summed E-state index contributed by atoms with van der Waals surface area (Å²) < 4.78 is 5.45. The largest absolute Gasteiger partial charge is 0.456 e. The van der Waals surface area contributed by atoms with E-state index in [1.54, 1.807) is 17.0 Å². The first kappa shape index (κ1) is 12.7. The normalized spacial score (nSPS) is 19.8. The predicted molar refractivity (Wildman–Crippen MR) is 66.2 cm³/mol. The van der Waals surface area contributed by atoms with Gasteiger partial charge in [0.1, 0.15) is 11.8 Å². The Morgan fingerprint density at radius 2 is 2.28 bits per heavy atom. The molecule has 5 nitrogen and oxygen atoms in total. The molecule has 0 aromatic carbocycles. The standard InChI is InChI=1S/C13H18N2O3/c1-3-9-5-6-11(18-9)13(17)15-8-7-14-12(16)10(15)4-2/h5-6,10H,3-4,7-8H2,1-2H3,(H,14,16). The van der Waals surface area contributed by atoms with Gasteiger partial charge in [0, 0.05) is 19.5 Å². The van der Waals surface area contributed by atoms with Crippen LogP contribution in [-0.4, -0.2) is 35.8 Å². The second-order valence-electron chi connectivity index (χ2n) is 4.33. The highest BCUT2D eigenvalue weighted by Crippen LogP contribution is 2.16. The van der Waals surface area contributed by atoms with Crippen molar-refractivity contribution in [1.29, 1.82) is 0 Å². The molecule has 0 spiro atoms. The Kier molecular flexibility index (Phi) is 3.69. The molecule has 0 aliphatic carbocycles. The fourth-order valence-electron chi connectivity index (χ4n) is 2.19. The Bertz CT molecular complexity index is 453. The zero-order valence-corrected chi connectivity index (χ0v) is 10.7. The fraction of sp³-hybridized carbons (Fsp3) is 0.538. The maximum atomic E-state index is 12.3. The van der Waals surface area contributed by atoms with Crippen LogP contribution in [0.2, 0.25) is 0 Å². The van der Waals surface area contributed by atoms with Crippen molar-refractivity contribution >= 4 is 11.8 Å². The maximum absolute atomic E-state index is 12.3. The second-order valence-corrected chi connectivity index (χ2v) is 4.33. The summed E-state index contributed by atoms with van der Waals surface area (Å²) in [4.78, 5) is 25.6. The van der Waals surface area contributed by atoms with Gasteiger partial charge in [0.15, 0.2) is 5.76 Å². The van der Waals surface area contributed by atoms with Gasteiger partial charge in [0.2, 0.25) is 5.91 Å². The number of nitrogens with one attached hydrogen (secondary N) is 1. The van der Waals surface area contributed by atoms with Crippen molar-refractivity contribution in [2.75, 3.05) is 13.1 Å². The van der Waals surface area contributed by atoms with Gasteiger partial charge >= 0.3 is 0 Å². The maximum Gasteiger partial charge on any atom is 0.290 e. The molecule has 0 radical (unpaired) electrons. The van der Waals surface area contributed by atoms with Crippen molar-refractivity contribution in [2.45, 2.75) is 32.7 Å². The Morgan fingerprint density at radius 3 is 2.89 bits per heavy atom. The van der Waals surface area contributed by atoms with Gasteiger partial charge in [-0.1, -0.05) is 13.8 Å². The number of amides is 2. The first-order valence-corrected chi connectivity index (χ1v) is 6.34. The van der Waals surface area contributed by atoms with Crippen LogP contribution >= 0.6 is 0 Å². The number of rotatable bonds is 3. The number of nitrogens with zero attached hydrogens (tertiary/aromatic N) is 1. The third-order valence-corrected chi connectivity index (χ3v) is 3.20. The van der Waals surface area contributed by atoms with Crippen molar-refractivity contribution in [1.82, 2.24) is 10.2 Å². The number of hydrogen-bond acceptors (Lipinski definition) is 3. The van der Waals surface area contributed by atoms with Crippen LogP contribution in [0.3, 0.4) is 0 Å². The van der Waals surface area contributed by atoms with E-state index in [2.05, 4.69) is 5.32 Å². The molecule has 1 aliphatic heterocycles.